The molecule has 1 aromatic rings. The number of hydrogen-bond donors (Lipinski definition) is 0. The fourth-order valence-corrected chi connectivity index (χ4v) is 1.94. The van der Waals surface area contributed by atoms with Gasteiger partial charge in [0, 0.05) is 0 Å². The molecule has 0 amide bonds. The topological polar surface area (TPSA) is 0 Å². The highest BCUT2D eigenvalue weighted by Crippen LogP contribution is 2.20. The van der Waals surface area contributed by atoms with Crippen LogP contribution < -0.4 is 0 Å². The molecule has 74 valence electrons. The van der Waals surface area contributed by atoms with Crippen LogP contribution in [-0.4, -0.2) is 5.02 Å². The Hall–Kier alpha value is -1.43. The maximum atomic E-state index is 4.76. The second-order valence-corrected chi connectivity index (χ2v) is 3.74. The summed E-state index contributed by atoms with van der Waals surface area (Å²) in [6.07, 6.45) is 12.6. The lowest BCUT2D eigenvalue weighted by Gasteiger charge is -2.09. The predicted octanol–water partition coefficient (Wildman–Crippen LogP) is 3.81. The third-order valence-electron chi connectivity index (χ3n) is 2.54. The SMILES string of the molecule is S=C=Cc1cccc2c1/C=C\C=C\CC2. The van der Waals surface area contributed by atoms with Gasteiger partial charge in [0.2, 0.25) is 0 Å². The van der Waals surface area contributed by atoms with Crippen LogP contribution in [0.15, 0.2) is 36.4 Å². The van der Waals surface area contributed by atoms with Gasteiger partial charge in [-0.15, -0.1) is 0 Å². The first-order valence-corrected chi connectivity index (χ1v) is 5.48. The number of rotatable bonds is 1. The van der Waals surface area contributed by atoms with E-state index >= 15 is 0 Å². The molecule has 0 aliphatic heterocycles. The summed E-state index contributed by atoms with van der Waals surface area (Å²) in [5.41, 5.74) is 3.82. The van der Waals surface area contributed by atoms with Crippen molar-refractivity contribution in [2.45, 2.75) is 12.8 Å². The van der Waals surface area contributed by atoms with Gasteiger partial charge in [-0.2, -0.15) is 0 Å². The molecule has 0 fully saturated rings. The smallest absolute Gasteiger partial charge is 0.000500 e. The molecule has 1 aliphatic rings. The molecule has 0 saturated carbocycles. The first kappa shape index (κ1) is 10.1. The summed E-state index contributed by atoms with van der Waals surface area (Å²) in [6.45, 7) is 0. The van der Waals surface area contributed by atoms with Crippen molar-refractivity contribution < 1.29 is 0 Å². The van der Waals surface area contributed by atoms with E-state index < -0.39 is 0 Å². The lowest BCUT2D eigenvalue weighted by atomic mass is 9.96. The molecular weight excluding hydrogens is 200 g/mol. The van der Waals surface area contributed by atoms with Crippen LogP contribution in [0.3, 0.4) is 0 Å². The molecule has 15 heavy (non-hydrogen) atoms. The van der Waals surface area contributed by atoms with Gasteiger partial charge in [-0.25, -0.2) is 0 Å². The van der Waals surface area contributed by atoms with Gasteiger partial charge < -0.3 is 0 Å². The zero-order valence-corrected chi connectivity index (χ0v) is 9.26. The van der Waals surface area contributed by atoms with Gasteiger partial charge in [-0.05, 0) is 52.8 Å². The zero-order valence-electron chi connectivity index (χ0n) is 8.44. The first-order valence-electron chi connectivity index (χ1n) is 5.08. The van der Waals surface area contributed by atoms with Gasteiger partial charge in [0.1, 0.15) is 0 Å². The van der Waals surface area contributed by atoms with Crippen molar-refractivity contribution in [3.8, 4) is 0 Å². The monoisotopic (exact) mass is 212 g/mol. The Morgan fingerprint density at radius 1 is 1.27 bits per heavy atom. The zero-order chi connectivity index (χ0) is 10.5. The van der Waals surface area contributed by atoms with Gasteiger partial charge in [-0.1, -0.05) is 42.5 Å². The number of fused-ring (bicyclic) bond motifs is 1. The van der Waals surface area contributed by atoms with E-state index in [1.54, 1.807) is 0 Å². The first-order chi connectivity index (χ1) is 7.42. The molecule has 1 heteroatoms. The Balaban J connectivity index is 2.56. The minimum absolute atomic E-state index is 1.09. The molecule has 1 aliphatic carbocycles. The minimum Gasteiger partial charge on any atom is -0.0842 e. The predicted molar refractivity (Wildman–Crippen MR) is 70.0 cm³/mol. The summed E-state index contributed by atoms with van der Waals surface area (Å²) in [6, 6.07) is 6.34. The maximum Gasteiger partial charge on any atom is -0.000500 e. The summed E-state index contributed by atoms with van der Waals surface area (Å²) in [4.78, 5) is 0. The molecule has 0 aromatic heterocycles. The fraction of sp³-hybridized carbons (Fsp3) is 0.143. The van der Waals surface area contributed by atoms with Crippen molar-refractivity contribution in [1.82, 2.24) is 0 Å². The lowest BCUT2D eigenvalue weighted by Crippen LogP contribution is -1.93. The number of benzene rings is 1. The molecular formula is C14H12S. The van der Waals surface area contributed by atoms with E-state index in [4.69, 9.17) is 12.2 Å². The minimum atomic E-state index is 1.09. The molecule has 1 aromatic carbocycles. The Morgan fingerprint density at radius 3 is 3.07 bits per heavy atom. The molecule has 0 nitrogen and oxygen atoms in total. The van der Waals surface area contributed by atoms with Gasteiger partial charge in [0.15, 0.2) is 0 Å². The normalized spacial score (nSPS) is 17.9. The van der Waals surface area contributed by atoms with Crippen LogP contribution >= 0.6 is 12.2 Å². The van der Waals surface area contributed by atoms with Gasteiger partial charge >= 0.3 is 0 Å². The second kappa shape index (κ2) is 4.88. The Bertz CT molecular complexity index is 460. The molecule has 0 radical (unpaired) electrons. The Labute approximate surface area is 95.6 Å². The van der Waals surface area contributed by atoms with E-state index in [2.05, 4.69) is 47.5 Å². The van der Waals surface area contributed by atoms with Crippen LogP contribution in [0.1, 0.15) is 23.1 Å². The highest BCUT2D eigenvalue weighted by atomic mass is 32.1. The van der Waals surface area contributed by atoms with E-state index in [1.165, 1.54) is 11.1 Å². The lowest BCUT2D eigenvalue weighted by molar-refractivity contribution is 0.995. The summed E-state index contributed by atoms with van der Waals surface area (Å²) < 4.78 is 0. The molecule has 0 unspecified atom stereocenters. The molecule has 0 atom stereocenters. The van der Waals surface area contributed by atoms with E-state index in [1.807, 2.05) is 6.08 Å². The van der Waals surface area contributed by atoms with Crippen molar-refractivity contribution in [1.29, 1.82) is 0 Å². The van der Waals surface area contributed by atoms with Crippen LogP contribution in [0.2, 0.25) is 0 Å². The number of aryl methyl sites for hydroxylation is 1. The summed E-state index contributed by atoms with van der Waals surface area (Å²) in [5.74, 6) is 0. The highest BCUT2D eigenvalue weighted by molar-refractivity contribution is 7.78. The molecule has 0 saturated heterocycles. The van der Waals surface area contributed by atoms with Crippen LogP contribution in [0.5, 0.6) is 0 Å². The van der Waals surface area contributed by atoms with E-state index in [0.29, 0.717) is 0 Å². The average Bonchev–Trinajstić information content (AvgIpc) is 2.20. The van der Waals surface area contributed by atoms with Crippen molar-refractivity contribution in [3.05, 3.63) is 53.1 Å². The van der Waals surface area contributed by atoms with Crippen LogP contribution in [0, 0.1) is 0 Å². The van der Waals surface area contributed by atoms with Crippen molar-refractivity contribution in [3.63, 3.8) is 0 Å². The van der Waals surface area contributed by atoms with E-state index in [0.717, 1.165) is 18.4 Å². The van der Waals surface area contributed by atoms with Crippen LogP contribution in [0.4, 0.5) is 0 Å². The van der Waals surface area contributed by atoms with Crippen molar-refractivity contribution in [2.75, 3.05) is 0 Å². The van der Waals surface area contributed by atoms with Crippen molar-refractivity contribution >= 4 is 29.4 Å². The molecule has 0 N–H and O–H groups in total. The molecule has 0 bridgehead atoms. The third kappa shape index (κ3) is 2.33. The molecule has 2 rings (SSSR count). The standard InChI is InChI=1S/C14H12S/c15-11-10-13-8-5-7-12-6-3-1-2-4-9-14(12)13/h1-2,4-5,7-10H,3,6H2/b2-1+,9-4-. The third-order valence-corrected chi connectivity index (χ3v) is 2.65. The van der Waals surface area contributed by atoms with Crippen molar-refractivity contribution in [2.24, 2.45) is 0 Å². The summed E-state index contributed by atoms with van der Waals surface area (Å²) in [7, 11) is 0. The van der Waals surface area contributed by atoms with Gasteiger partial charge in [0.05, 0.1) is 0 Å². The Kier molecular flexibility index (Phi) is 3.29. The largest absolute Gasteiger partial charge is 0.0842 e. The van der Waals surface area contributed by atoms with Crippen LogP contribution in [0.25, 0.3) is 12.2 Å². The van der Waals surface area contributed by atoms with E-state index in [9.17, 15) is 0 Å². The molecule has 0 heterocycles. The summed E-state index contributed by atoms with van der Waals surface area (Å²) in [5, 5.41) is 2.68. The quantitative estimate of drug-likeness (QED) is 0.638. The van der Waals surface area contributed by atoms with Gasteiger partial charge in [0.25, 0.3) is 0 Å². The maximum absolute atomic E-state index is 4.76. The second-order valence-electron chi connectivity index (χ2n) is 3.51. The van der Waals surface area contributed by atoms with Crippen LogP contribution in [-0.2, 0) is 6.42 Å². The molecule has 0 spiro atoms. The Morgan fingerprint density at radius 2 is 2.20 bits per heavy atom. The summed E-state index contributed by atoms with van der Waals surface area (Å²) >= 11 is 4.76. The highest BCUT2D eigenvalue weighted by Gasteiger charge is 2.03. The number of hydrogen-bond acceptors (Lipinski definition) is 1. The number of allylic oxidation sites excluding steroid dienone is 3. The number of thiocarbonyl (C=S) groups is 1. The fourth-order valence-electron chi connectivity index (χ4n) is 1.81. The van der Waals surface area contributed by atoms with Gasteiger partial charge in [-0.3, -0.25) is 0 Å². The van der Waals surface area contributed by atoms with E-state index in [-0.39, 0.29) is 0 Å². The average molecular weight is 212 g/mol.